The molecular formula is C22H24ClFN2O5S. The summed E-state index contributed by atoms with van der Waals surface area (Å²) >= 11 is 6.16. The van der Waals surface area contributed by atoms with E-state index in [-0.39, 0.29) is 5.56 Å². The number of hydrogen-bond donors (Lipinski definition) is 1. The molecule has 0 aromatic heterocycles. The van der Waals surface area contributed by atoms with Crippen LogP contribution in [0.5, 0.6) is 0 Å². The third-order valence-electron chi connectivity index (χ3n) is 5.13. The summed E-state index contributed by atoms with van der Waals surface area (Å²) in [6, 6.07) is 6.50. The highest BCUT2D eigenvalue weighted by Gasteiger charge is 2.29. The molecule has 1 aliphatic heterocycles. The fourth-order valence-corrected chi connectivity index (χ4v) is 5.51. The first-order chi connectivity index (χ1) is 15.1. The van der Waals surface area contributed by atoms with Gasteiger partial charge in [0.25, 0.3) is 5.91 Å². The number of carbonyl (C=O) groups excluding carboxylic acids is 2. The zero-order chi connectivity index (χ0) is 23.5. The van der Waals surface area contributed by atoms with E-state index in [1.54, 1.807) is 13.0 Å². The Kier molecular flexibility index (Phi) is 7.53. The molecule has 10 heteroatoms. The number of rotatable bonds is 6. The molecule has 0 spiro atoms. The first-order valence-corrected chi connectivity index (χ1v) is 11.9. The van der Waals surface area contributed by atoms with Gasteiger partial charge in [0, 0.05) is 13.1 Å². The van der Waals surface area contributed by atoms with Gasteiger partial charge in [-0.15, -0.1) is 0 Å². The summed E-state index contributed by atoms with van der Waals surface area (Å²) in [6.07, 6.45) is 2.31. The quantitative estimate of drug-likeness (QED) is 0.626. The Bertz CT molecular complexity index is 1120. The number of carbonyl (C=O) groups is 2. The Labute approximate surface area is 191 Å². The van der Waals surface area contributed by atoms with Gasteiger partial charge in [-0.2, -0.15) is 4.31 Å². The van der Waals surface area contributed by atoms with Crippen molar-refractivity contribution in [1.82, 2.24) is 4.31 Å². The lowest BCUT2D eigenvalue weighted by Gasteiger charge is -2.26. The minimum atomic E-state index is -4.08. The fourth-order valence-electron chi connectivity index (χ4n) is 3.54. The minimum Gasteiger partial charge on any atom is -0.452 e. The molecule has 1 aliphatic rings. The summed E-state index contributed by atoms with van der Waals surface area (Å²) in [5.74, 6) is -2.51. The normalized spacial score (nSPS) is 14.8. The molecule has 0 radical (unpaired) electrons. The molecule has 7 nitrogen and oxygen atoms in total. The highest BCUT2D eigenvalue weighted by molar-refractivity contribution is 7.89. The average Bonchev–Trinajstić information content (AvgIpc) is 2.75. The molecule has 0 bridgehead atoms. The van der Waals surface area contributed by atoms with Crippen LogP contribution in [0, 0.1) is 19.7 Å². The lowest BCUT2D eigenvalue weighted by molar-refractivity contribution is -0.119. The monoisotopic (exact) mass is 482 g/mol. The first-order valence-electron chi connectivity index (χ1n) is 10.1. The van der Waals surface area contributed by atoms with Crippen LogP contribution in [-0.4, -0.2) is 44.3 Å². The molecule has 1 heterocycles. The first kappa shape index (κ1) is 24.2. The van der Waals surface area contributed by atoms with Crippen LogP contribution < -0.4 is 5.32 Å². The van der Waals surface area contributed by atoms with E-state index in [1.165, 1.54) is 4.31 Å². The Morgan fingerprint density at radius 3 is 2.47 bits per heavy atom. The molecule has 2 aromatic rings. The fraction of sp³-hybridized carbons (Fsp3) is 0.364. The number of nitrogens with zero attached hydrogens (tertiary/aromatic N) is 1. The molecule has 1 fully saturated rings. The summed E-state index contributed by atoms with van der Waals surface area (Å²) < 4.78 is 46.1. The molecule has 0 aliphatic carbocycles. The van der Waals surface area contributed by atoms with Crippen LogP contribution in [0.25, 0.3) is 0 Å². The number of anilines is 1. The van der Waals surface area contributed by atoms with Gasteiger partial charge in [-0.05, 0) is 62.1 Å². The van der Waals surface area contributed by atoms with Crippen molar-refractivity contribution in [2.75, 3.05) is 25.0 Å². The molecule has 32 heavy (non-hydrogen) atoms. The number of aryl methyl sites for hydroxylation is 2. The smallest absolute Gasteiger partial charge is 0.338 e. The number of nitrogens with one attached hydrogen (secondary N) is 1. The van der Waals surface area contributed by atoms with Gasteiger partial charge in [0.2, 0.25) is 10.0 Å². The van der Waals surface area contributed by atoms with Gasteiger partial charge < -0.3 is 10.1 Å². The number of sulfonamides is 1. The molecular weight excluding hydrogens is 459 g/mol. The van der Waals surface area contributed by atoms with E-state index in [0.29, 0.717) is 36.6 Å². The van der Waals surface area contributed by atoms with E-state index in [9.17, 15) is 22.4 Å². The van der Waals surface area contributed by atoms with Crippen LogP contribution in [0.15, 0.2) is 35.2 Å². The number of ether oxygens (including phenoxy) is 1. The largest absolute Gasteiger partial charge is 0.452 e. The van der Waals surface area contributed by atoms with Gasteiger partial charge in [-0.3, -0.25) is 4.79 Å². The molecule has 0 unspecified atom stereocenters. The van der Waals surface area contributed by atoms with Gasteiger partial charge in [0.1, 0.15) is 10.7 Å². The number of halogens is 2. The zero-order valence-corrected chi connectivity index (χ0v) is 19.4. The standard InChI is InChI=1S/C22H24ClFN2O5S/c1-14-10-15(2)21(17(23)11-14)25-20(27)13-31-22(28)16-6-7-18(24)19(12-16)32(29,30)26-8-4-3-5-9-26/h6-7,10-12H,3-5,8-9,13H2,1-2H3,(H,25,27). The number of esters is 1. The van der Waals surface area contributed by atoms with Crippen molar-refractivity contribution in [2.45, 2.75) is 38.0 Å². The molecule has 3 rings (SSSR count). The topological polar surface area (TPSA) is 92.8 Å². The van der Waals surface area contributed by atoms with E-state index >= 15 is 0 Å². The van der Waals surface area contributed by atoms with Crippen LogP contribution in [0.1, 0.15) is 40.7 Å². The van der Waals surface area contributed by atoms with Crippen molar-refractivity contribution in [3.63, 3.8) is 0 Å². The molecule has 2 aromatic carbocycles. The zero-order valence-electron chi connectivity index (χ0n) is 17.8. The SMILES string of the molecule is Cc1cc(C)c(NC(=O)COC(=O)c2ccc(F)c(S(=O)(=O)N3CCCCC3)c2)c(Cl)c1. The lowest BCUT2D eigenvalue weighted by atomic mass is 10.1. The Balaban J connectivity index is 1.69. The van der Waals surface area contributed by atoms with Crippen LogP contribution >= 0.6 is 11.6 Å². The molecule has 1 amide bonds. The minimum absolute atomic E-state index is 0.167. The lowest BCUT2D eigenvalue weighted by Crippen LogP contribution is -2.36. The second-order valence-corrected chi connectivity index (χ2v) is 9.99. The predicted molar refractivity (Wildman–Crippen MR) is 119 cm³/mol. The van der Waals surface area contributed by atoms with Crippen LogP contribution in [0.2, 0.25) is 5.02 Å². The highest BCUT2D eigenvalue weighted by atomic mass is 35.5. The number of hydrogen-bond acceptors (Lipinski definition) is 5. The van der Waals surface area contributed by atoms with Crippen LogP contribution in [0.3, 0.4) is 0 Å². The van der Waals surface area contributed by atoms with E-state index < -0.39 is 39.2 Å². The van der Waals surface area contributed by atoms with Crippen molar-refractivity contribution in [3.05, 3.63) is 57.9 Å². The van der Waals surface area contributed by atoms with Crippen molar-refractivity contribution in [2.24, 2.45) is 0 Å². The van der Waals surface area contributed by atoms with Gasteiger partial charge in [0.15, 0.2) is 6.61 Å². The number of amides is 1. The van der Waals surface area contributed by atoms with E-state index in [0.717, 1.165) is 35.7 Å². The van der Waals surface area contributed by atoms with E-state index in [4.69, 9.17) is 16.3 Å². The second kappa shape index (κ2) is 9.97. The summed E-state index contributed by atoms with van der Waals surface area (Å²) in [4.78, 5) is 24.0. The third kappa shape index (κ3) is 5.46. The summed E-state index contributed by atoms with van der Waals surface area (Å²) in [6.45, 7) is 3.64. The van der Waals surface area contributed by atoms with Gasteiger partial charge in [-0.25, -0.2) is 17.6 Å². The molecule has 172 valence electrons. The Morgan fingerprint density at radius 2 is 1.81 bits per heavy atom. The van der Waals surface area contributed by atoms with E-state index in [1.807, 2.05) is 13.0 Å². The van der Waals surface area contributed by atoms with Crippen molar-refractivity contribution < 1.29 is 27.1 Å². The summed E-state index contributed by atoms with van der Waals surface area (Å²) in [7, 11) is -4.08. The van der Waals surface area contributed by atoms with Crippen LogP contribution in [0.4, 0.5) is 10.1 Å². The maximum absolute atomic E-state index is 14.3. The van der Waals surface area contributed by atoms with Crippen molar-refractivity contribution >= 4 is 39.2 Å². The molecule has 1 saturated heterocycles. The summed E-state index contributed by atoms with van der Waals surface area (Å²) in [5, 5.41) is 2.94. The number of benzene rings is 2. The van der Waals surface area contributed by atoms with Crippen molar-refractivity contribution in [3.8, 4) is 0 Å². The Morgan fingerprint density at radius 1 is 1.12 bits per heavy atom. The van der Waals surface area contributed by atoms with Gasteiger partial charge in [0.05, 0.1) is 16.3 Å². The maximum Gasteiger partial charge on any atom is 0.338 e. The predicted octanol–water partition coefficient (Wildman–Crippen LogP) is 4.07. The number of piperidine rings is 1. The third-order valence-corrected chi connectivity index (χ3v) is 7.34. The maximum atomic E-state index is 14.3. The molecule has 0 atom stereocenters. The highest BCUT2D eigenvalue weighted by Crippen LogP contribution is 2.27. The van der Waals surface area contributed by atoms with Gasteiger partial charge in [-0.1, -0.05) is 24.1 Å². The molecule has 1 N–H and O–H groups in total. The van der Waals surface area contributed by atoms with Crippen LogP contribution in [-0.2, 0) is 19.6 Å². The second-order valence-electron chi connectivity index (χ2n) is 7.67. The Hall–Kier alpha value is -2.49. The van der Waals surface area contributed by atoms with Crippen molar-refractivity contribution in [1.29, 1.82) is 0 Å². The van der Waals surface area contributed by atoms with Gasteiger partial charge >= 0.3 is 5.97 Å². The average molecular weight is 483 g/mol. The molecule has 0 saturated carbocycles. The van der Waals surface area contributed by atoms with E-state index in [2.05, 4.69) is 5.32 Å². The summed E-state index contributed by atoms with van der Waals surface area (Å²) in [5.41, 5.74) is 1.93.